The van der Waals surface area contributed by atoms with Gasteiger partial charge in [-0.05, 0) is 37.5 Å². The number of nitrogens with two attached hydrogens (primary N) is 1. The maximum atomic E-state index is 6.05. The predicted molar refractivity (Wildman–Crippen MR) is 62.5 cm³/mol. The Hall–Kier alpha value is -0.790. The molecule has 1 nitrogen and oxygen atoms in total. The largest absolute Gasteiger partial charge is 0.324 e. The Morgan fingerprint density at radius 1 is 1.57 bits per heavy atom. The summed E-state index contributed by atoms with van der Waals surface area (Å²) in [4.78, 5) is 0. The highest BCUT2D eigenvalue weighted by atomic mass is 35.5. The van der Waals surface area contributed by atoms with Crippen LogP contribution in [0.15, 0.2) is 30.4 Å². The number of rotatable bonds is 3. The quantitative estimate of drug-likeness (QED) is 0.757. The monoisotopic (exact) mass is 209 g/mol. The molecule has 0 heterocycles. The first-order valence-electron chi connectivity index (χ1n) is 4.67. The number of hydrogen-bond acceptors (Lipinski definition) is 1. The third-order valence-electron chi connectivity index (χ3n) is 2.28. The SMILES string of the molecule is C=C(C)CC(N)c1cccc(Cl)c1C. The lowest BCUT2D eigenvalue weighted by atomic mass is 9.97. The topological polar surface area (TPSA) is 26.0 Å². The predicted octanol–water partition coefficient (Wildman–Crippen LogP) is 3.61. The van der Waals surface area contributed by atoms with Crippen molar-refractivity contribution in [1.29, 1.82) is 0 Å². The molecule has 0 fully saturated rings. The van der Waals surface area contributed by atoms with Gasteiger partial charge in [-0.3, -0.25) is 0 Å². The second-order valence-electron chi connectivity index (χ2n) is 3.72. The average molecular weight is 210 g/mol. The lowest BCUT2D eigenvalue weighted by Crippen LogP contribution is -2.12. The van der Waals surface area contributed by atoms with Gasteiger partial charge in [-0.15, -0.1) is 6.58 Å². The van der Waals surface area contributed by atoms with E-state index in [-0.39, 0.29) is 6.04 Å². The van der Waals surface area contributed by atoms with Gasteiger partial charge in [0.15, 0.2) is 0 Å². The minimum atomic E-state index is 0.00574. The fraction of sp³-hybridized carbons (Fsp3) is 0.333. The molecular formula is C12H16ClN. The Kier molecular flexibility index (Phi) is 3.73. The second kappa shape index (κ2) is 4.63. The van der Waals surface area contributed by atoms with Crippen LogP contribution in [0.5, 0.6) is 0 Å². The van der Waals surface area contributed by atoms with Crippen molar-refractivity contribution in [2.24, 2.45) is 5.73 Å². The molecule has 76 valence electrons. The molecule has 1 rings (SSSR count). The minimum absolute atomic E-state index is 0.00574. The Morgan fingerprint density at radius 3 is 2.79 bits per heavy atom. The molecule has 0 saturated carbocycles. The summed E-state index contributed by atoms with van der Waals surface area (Å²) in [5.74, 6) is 0. The molecule has 1 atom stereocenters. The van der Waals surface area contributed by atoms with Gasteiger partial charge in [0, 0.05) is 11.1 Å². The van der Waals surface area contributed by atoms with Gasteiger partial charge in [0.1, 0.15) is 0 Å². The molecule has 0 aliphatic heterocycles. The molecule has 0 aromatic heterocycles. The van der Waals surface area contributed by atoms with Gasteiger partial charge in [-0.1, -0.05) is 29.3 Å². The number of hydrogen-bond donors (Lipinski definition) is 1. The van der Waals surface area contributed by atoms with Crippen molar-refractivity contribution in [2.45, 2.75) is 26.3 Å². The van der Waals surface area contributed by atoms with Gasteiger partial charge in [-0.2, -0.15) is 0 Å². The summed E-state index contributed by atoms with van der Waals surface area (Å²) < 4.78 is 0. The van der Waals surface area contributed by atoms with Crippen LogP contribution in [0.25, 0.3) is 0 Å². The highest BCUT2D eigenvalue weighted by molar-refractivity contribution is 6.31. The molecule has 0 aliphatic rings. The zero-order valence-electron chi connectivity index (χ0n) is 8.68. The smallest absolute Gasteiger partial charge is 0.0438 e. The molecule has 14 heavy (non-hydrogen) atoms. The Balaban J connectivity index is 2.95. The standard InChI is InChI=1S/C12H16ClN/c1-8(2)7-12(14)10-5-4-6-11(13)9(10)3/h4-6,12H,1,7,14H2,2-3H3. The van der Waals surface area contributed by atoms with Crippen molar-refractivity contribution < 1.29 is 0 Å². The summed E-state index contributed by atoms with van der Waals surface area (Å²) >= 11 is 6.02. The molecule has 2 heteroatoms. The normalized spacial score (nSPS) is 12.6. The lowest BCUT2D eigenvalue weighted by Gasteiger charge is -2.15. The van der Waals surface area contributed by atoms with E-state index < -0.39 is 0 Å². The summed E-state index contributed by atoms with van der Waals surface area (Å²) in [6.07, 6.45) is 0.807. The zero-order chi connectivity index (χ0) is 10.7. The van der Waals surface area contributed by atoms with Gasteiger partial charge in [0.2, 0.25) is 0 Å². The zero-order valence-corrected chi connectivity index (χ0v) is 9.43. The summed E-state index contributed by atoms with van der Waals surface area (Å²) in [6, 6.07) is 5.84. The van der Waals surface area contributed by atoms with Crippen LogP contribution in [0, 0.1) is 6.92 Å². The van der Waals surface area contributed by atoms with E-state index in [1.807, 2.05) is 32.0 Å². The minimum Gasteiger partial charge on any atom is -0.324 e. The van der Waals surface area contributed by atoms with E-state index in [4.69, 9.17) is 17.3 Å². The van der Waals surface area contributed by atoms with Crippen molar-refractivity contribution in [3.8, 4) is 0 Å². The molecule has 0 bridgehead atoms. The first-order valence-corrected chi connectivity index (χ1v) is 5.05. The number of benzene rings is 1. The highest BCUT2D eigenvalue weighted by Gasteiger charge is 2.10. The molecule has 0 saturated heterocycles. The molecule has 1 aromatic carbocycles. The third-order valence-corrected chi connectivity index (χ3v) is 2.69. The van der Waals surface area contributed by atoms with Gasteiger partial charge >= 0.3 is 0 Å². The van der Waals surface area contributed by atoms with Gasteiger partial charge in [-0.25, -0.2) is 0 Å². The Bertz CT molecular complexity index is 344. The van der Waals surface area contributed by atoms with Crippen LogP contribution >= 0.6 is 11.6 Å². The van der Waals surface area contributed by atoms with Crippen LogP contribution < -0.4 is 5.73 Å². The van der Waals surface area contributed by atoms with Gasteiger partial charge in [0.25, 0.3) is 0 Å². The number of halogens is 1. The lowest BCUT2D eigenvalue weighted by molar-refractivity contribution is 0.712. The summed E-state index contributed by atoms with van der Waals surface area (Å²) in [7, 11) is 0. The molecule has 2 N–H and O–H groups in total. The van der Waals surface area contributed by atoms with Crippen LogP contribution in [-0.4, -0.2) is 0 Å². The summed E-state index contributed by atoms with van der Waals surface area (Å²) in [5.41, 5.74) is 9.32. The molecule has 1 unspecified atom stereocenters. The fourth-order valence-electron chi connectivity index (χ4n) is 1.51. The van der Waals surface area contributed by atoms with Gasteiger partial charge < -0.3 is 5.73 Å². The molecular weight excluding hydrogens is 194 g/mol. The van der Waals surface area contributed by atoms with E-state index in [2.05, 4.69) is 6.58 Å². The second-order valence-corrected chi connectivity index (χ2v) is 4.13. The van der Waals surface area contributed by atoms with Crippen molar-refractivity contribution in [3.63, 3.8) is 0 Å². The van der Waals surface area contributed by atoms with Crippen LogP contribution in [0.2, 0.25) is 5.02 Å². The van der Waals surface area contributed by atoms with Crippen molar-refractivity contribution in [1.82, 2.24) is 0 Å². The van der Waals surface area contributed by atoms with Crippen LogP contribution in [0.4, 0.5) is 0 Å². The van der Waals surface area contributed by atoms with E-state index in [0.29, 0.717) is 0 Å². The fourth-order valence-corrected chi connectivity index (χ4v) is 1.69. The maximum Gasteiger partial charge on any atom is 0.0438 e. The summed E-state index contributed by atoms with van der Waals surface area (Å²) in [5, 5.41) is 0.777. The van der Waals surface area contributed by atoms with Crippen LogP contribution in [0.3, 0.4) is 0 Å². The first-order chi connectivity index (χ1) is 6.52. The van der Waals surface area contributed by atoms with Crippen molar-refractivity contribution in [2.75, 3.05) is 0 Å². The maximum absolute atomic E-state index is 6.05. The Morgan fingerprint density at radius 2 is 2.21 bits per heavy atom. The van der Waals surface area contributed by atoms with Crippen LogP contribution in [-0.2, 0) is 0 Å². The Labute approximate surface area is 90.6 Å². The molecule has 0 radical (unpaired) electrons. The van der Waals surface area contributed by atoms with E-state index in [1.165, 1.54) is 0 Å². The molecule has 1 aromatic rings. The molecule has 0 spiro atoms. The van der Waals surface area contributed by atoms with Crippen LogP contribution in [0.1, 0.15) is 30.5 Å². The van der Waals surface area contributed by atoms with E-state index >= 15 is 0 Å². The highest BCUT2D eigenvalue weighted by Crippen LogP contribution is 2.25. The van der Waals surface area contributed by atoms with E-state index in [0.717, 1.165) is 28.1 Å². The molecule has 0 aliphatic carbocycles. The third kappa shape index (κ3) is 2.60. The summed E-state index contributed by atoms with van der Waals surface area (Å²) in [6.45, 7) is 7.84. The van der Waals surface area contributed by atoms with Gasteiger partial charge in [0.05, 0.1) is 0 Å². The molecule has 0 amide bonds. The van der Waals surface area contributed by atoms with E-state index in [9.17, 15) is 0 Å². The first kappa shape index (κ1) is 11.3. The van der Waals surface area contributed by atoms with Crippen molar-refractivity contribution in [3.05, 3.63) is 46.5 Å². The van der Waals surface area contributed by atoms with Crippen molar-refractivity contribution >= 4 is 11.6 Å². The average Bonchev–Trinajstić information content (AvgIpc) is 2.08. The van der Waals surface area contributed by atoms with E-state index in [1.54, 1.807) is 0 Å².